The first-order valence-electron chi connectivity index (χ1n) is 8.91. The van der Waals surface area contributed by atoms with Gasteiger partial charge >= 0.3 is 6.03 Å². The molecule has 1 saturated heterocycles. The van der Waals surface area contributed by atoms with Crippen LogP contribution in [-0.4, -0.2) is 33.8 Å². The highest BCUT2D eigenvalue weighted by atomic mass is 16.2. The Kier molecular flexibility index (Phi) is 5.80. The molecule has 1 aromatic heterocycles. The molecule has 2 aromatic rings. The quantitative estimate of drug-likeness (QED) is 0.735. The molecule has 1 aromatic carbocycles. The Balaban J connectivity index is 1.52. The first kappa shape index (κ1) is 18.6. The van der Waals surface area contributed by atoms with Crippen molar-refractivity contribution >= 4 is 17.8 Å². The predicted molar refractivity (Wildman–Crippen MR) is 99.3 cm³/mol. The summed E-state index contributed by atoms with van der Waals surface area (Å²) in [6.45, 7) is 2.15. The van der Waals surface area contributed by atoms with E-state index in [4.69, 9.17) is 0 Å². The predicted octanol–water partition coefficient (Wildman–Crippen LogP) is 2.16. The number of nitrogens with one attached hydrogen (secondary N) is 2. The zero-order valence-electron chi connectivity index (χ0n) is 15.1. The molecule has 7 nitrogen and oxygen atoms in total. The summed E-state index contributed by atoms with van der Waals surface area (Å²) in [5, 5.41) is 5.45. The van der Waals surface area contributed by atoms with Gasteiger partial charge in [0.15, 0.2) is 0 Å². The summed E-state index contributed by atoms with van der Waals surface area (Å²) in [6, 6.07) is 13.4. The van der Waals surface area contributed by atoms with Crippen LogP contribution in [0.5, 0.6) is 0 Å². The number of benzene rings is 1. The van der Waals surface area contributed by atoms with Gasteiger partial charge in [-0.2, -0.15) is 0 Å². The largest absolute Gasteiger partial charge is 0.350 e. The lowest BCUT2D eigenvalue weighted by Crippen LogP contribution is -2.34. The average Bonchev–Trinajstić information content (AvgIpc) is 2.99. The van der Waals surface area contributed by atoms with Crippen molar-refractivity contribution in [2.24, 2.45) is 0 Å². The van der Waals surface area contributed by atoms with Gasteiger partial charge in [-0.3, -0.25) is 19.5 Å². The first-order chi connectivity index (χ1) is 13.1. The number of nitrogens with zero attached hydrogens (tertiary/aromatic N) is 2. The van der Waals surface area contributed by atoms with Gasteiger partial charge < -0.3 is 10.6 Å². The molecule has 1 fully saturated rings. The Morgan fingerprint density at radius 1 is 1.19 bits per heavy atom. The lowest BCUT2D eigenvalue weighted by atomic mass is 10.1. The summed E-state index contributed by atoms with van der Waals surface area (Å²) < 4.78 is 0. The van der Waals surface area contributed by atoms with E-state index in [0.717, 1.165) is 11.3 Å². The molecule has 2 N–H and O–H groups in total. The molecule has 0 saturated carbocycles. The lowest BCUT2D eigenvalue weighted by Gasteiger charge is -2.21. The number of aromatic nitrogens is 1. The van der Waals surface area contributed by atoms with E-state index in [1.807, 2.05) is 55.5 Å². The Labute approximate surface area is 157 Å². The van der Waals surface area contributed by atoms with Crippen LogP contribution in [-0.2, 0) is 16.1 Å². The molecule has 4 amide bonds. The molecule has 140 valence electrons. The lowest BCUT2D eigenvalue weighted by molar-refractivity contribution is -0.129. The van der Waals surface area contributed by atoms with E-state index in [0.29, 0.717) is 6.54 Å². The maximum Gasteiger partial charge on any atom is 0.325 e. The number of amides is 4. The van der Waals surface area contributed by atoms with Gasteiger partial charge in [0, 0.05) is 12.6 Å². The standard InChI is InChI=1S/C20H22N4O3/c1-14(15-7-3-2-4-8-15)24-19(26)17(23-20(24)27)10-11-18(25)22-13-16-9-5-6-12-21-16/h2-9,12,14,17H,10-11,13H2,1H3,(H,22,25)(H,23,27)/t14-,17-/m1/s1. The van der Waals surface area contributed by atoms with Crippen LogP contribution in [0.2, 0.25) is 0 Å². The van der Waals surface area contributed by atoms with E-state index in [1.165, 1.54) is 4.90 Å². The average molecular weight is 366 g/mol. The third-order valence-corrected chi connectivity index (χ3v) is 4.57. The zero-order chi connectivity index (χ0) is 19.2. The van der Waals surface area contributed by atoms with E-state index in [1.54, 1.807) is 6.20 Å². The third-order valence-electron chi connectivity index (χ3n) is 4.57. The minimum atomic E-state index is -0.677. The molecule has 7 heteroatoms. The number of pyridine rings is 1. The van der Waals surface area contributed by atoms with Gasteiger partial charge in [0.05, 0.1) is 18.3 Å². The summed E-state index contributed by atoms with van der Waals surface area (Å²) >= 11 is 0. The number of carbonyl (C=O) groups is 3. The SMILES string of the molecule is C[C@H](c1ccccc1)N1C(=O)N[C@H](CCC(=O)NCc2ccccn2)C1=O. The Morgan fingerprint density at radius 3 is 2.63 bits per heavy atom. The van der Waals surface area contributed by atoms with Gasteiger partial charge in [0.25, 0.3) is 5.91 Å². The molecule has 1 aliphatic rings. The Bertz CT molecular complexity index is 810. The number of hydrogen-bond acceptors (Lipinski definition) is 4. The van der Waals surface area contributed by atoms with Gasteiger partial charge in [0.1, 0.15) is 6.04 Å². The third kappa shape index (κ3) is 4.49. The van der Waals surface area contributed by atoms with Crippen LogP contribution < -0.4 is 10.6 Å². The van der Waals surface area contributed by atoms with Gasteiger partial charge in [-0.25, -0.2) is 4.79 Å². The molecule has 0 bridgehead atoms. The van der Waals surface area contributed by atoms with Crippen molar-refractivity contribution in [2.75, 3.05) is 0 Å². The summed E-state index contributed by atoms with van der Waals surface area (Å²) in [5.41, 5.74) is 1.65. The molecule has 0 spiro atoms. The summed E-state index contributed by atoms with van der Waals surface area (Å²) in [7, 11) is 0. The monoisotopic (exact) mass is 366 g/mol. The van der Waals surface area contributed by atoms with E-state index in [2.05, 4.69) is 15.6 Å². The molecule has 2 heterocycles. The minimum Gasteiger partial charge on any atom is -0.350 e. The molecule has 0 radical (unpaired) electrons. The second kappa shape index (κ2) is 8.44. The summed E-state index contributed by atoms with van der Waals surface area (Å²) in [4.78, 5) is 42.3. The highest BCUT2D eigenvalue weighted by Gasteiger charge is 2.40. The maximum absolute atomic E-state index is 12.6. The van der Waals surface area contributed by atoms with E-state index in [9.17, 15) is 14.4 Å². The topological polar surface area (TPSA) is 91.4 Å². The number of carbonyl (C=O) groups excluding carboxylic acids is 3. The second-order valence-corrected chi connectivity index (χ2v) is 6.43. The van der Waals surface area contributed by atoms with Crippen molar-refractivity contribution in [1.29, 1.82) is 0 Å². The number of rotatable bonds is 7. The zero-order valence-corrected chi connectivity index (χ0v) is 15.1. The molecule has 0 aliphatic carbocycles. The van der Waals surface area contributed by atoms with Crippen LogP contribution in [0.4, 0.5) is 4.79 Å². The van der Waals surface area contributed by atoms with Gasteiger partial charge in [-0.15, -0.1) is 0 Å². The molecule has 3 rings (SSSR count). The van der Waals surface area contributed by atoms with Crippen LogP contribution in [0.3, 0.4) is 0 Å². The summed E-state index contributed by atoms with van der Waals surface area (Å²) in [6.07, 6.45) is 2.07. The van der Waals surface area contributed by atoms with Crippen molar-refractivity contribution in [3.63, 3.8) is 0 Å². The van der Waals surface area contributed by atoms with Gasteiger partial charge in [-0.1, -0.05) is 36.4 Å². The molecule has 0 unspecified atom stereocenters. The Hall–Kier alpha value is -3.22. The molecular weight excluding hydrogens is 344 g/mol. The first-order valence-corrected chi connectivity index (χ1v) is 8.91. The maximum atomic E-state index is 12.6. The van der Waals surface area contributed by atoms with E-state index >= 15 is 0 Å². The van der Waals surface area contributed by atoms with Crippen LogP contribution >= 0.6 is 0 Å². The smallest absolute Gasteiger partial charge is 0.325 e. The normalized spacial score (nSPS) is 17.5. The minimum absolute atomic E-state index is 0.150. The molecule has 1 aliphatic heterocycles. The molecular formula is C20H22N4O3. The van der Waals surface area contributed by atoms with Crippen LogP contribution in [0.15, 0.2) is 54.7 Å². The number of imide groups is 1. The number of urea groups is 1. The summed E-state index contributed by atoms with van der Waals surface area (Å²) in [5.74, 6) is -0.480. The fourth-order valence-corrected chi connectivity index (χ4v) is 3.05. The Morgan fingerprint density at radius 2 is 1.93 bits per heavy atom. The molecule has 2 atom stereocenters. The van der Waals surface area contributed by atoms with Gasteiger partial charge in [-0.05, 0) is 31.0 Å². The van der Waals surface area contributed by atoms with Crippen LogP contribution in [0, 0.1) is 0 Å². The molecule has 27 heavy (non-hydrogen) atoms. The van der Waals surface area contributed by atoms with Crippen molar-refractivity contribution < 1.29 is 14.4 Å². The highest BCUT2D eigenvalue weighted by molar-refractivity contribution is 6.04. The fraction of sp³-hybridized carbons (Fsp3) is 0.300. The van der Waals surface area contributed by atoms with Crippen molar-refractivity contribution in [1.82, 2.24) is 20.5 Å². The van der Waals surface area contributed by atoms with E-state index < -0.39 is 12.1 Å². The number of hydrogen-bond donors (Lipinski definition) is 2. The van der Waals surface area contributed by atoms with Crippen LogP contribution in [0.25, 0.3) is 0 Å². The van der Waals surface area contributed by atoms with Crippen molar-refractivity contribution in [2.45, 2.75) is 38.4 Å². The fourth-order valence-electron chi connectivity index (χ4n) is 3.05. The van der Waals surface area contributed by atoms with Crippen molar-refractivity contribution in [3.8, 4) is 0 Å². The highest BCUT2D eigenvalue weighted by Crippen LogP contribution is 2.25. The second-order valence-electron chi connectivity index (χ2n) is 6.43. The van der Waals surface area contributed by atoms with Crippen molar-refractivity contribution in [3.05, 3.63) is 66.0 Å². The van der Waals surface area contributed by atoms with Crippen LogP contribution in [0.1, 0.15) is 37.1 Å². The van der Waals surface area contributed by atoms with E-state index in [-0.39, 0.29) is 30.7 Å². The van der Waals surface area contributed by atoms with Gasteiger partial charge in [0.2, 0.25) is 5.91 Å².